The van der Waals surface area contributed by atoms with Crippen LogP contribution in [0.1, 0.15) is 29.0 Å². The molecule has 0 aliphatic carbocycles. The van der Waals surface area contributed by atoms with Gasteiger partial charge < -0.3 is 18.9 Å². The van der Waals surface area contributed by atoms with Gasteiger partial charge in [-0.15, -0.1) is 0 Å². The van der Waals surface area contributed by atoms with E-state index in [2.05, 4.69) is 20.1 Å². The number of hydrogen-bond donors (Lipinski definition) is 0. The van der Waals surface area contributed by atoms with Crippen LogP contribution in [-0.4, -0.2) is 58.2 Å². The van der Waals surface area contributed by atoms with Gasteiger partial charge in [0.25, 0.3) is 11.8 Å². The summed E-state index contributed by atoms with van der Waals surface area (Å²) in [6.07, 6.45) is 5.91. The molecule has 1 unspecified atom stereocenters. The lowest BCUT2D eigenvalue weighted by atomic mass is 10.0. The lowest BCUT2D eigenvalue weighted by Gasteiger charge is -2.18. The Morgan fingerprint density at radius 3 is 2.90 bits per heavy atom. The fraction of sp³-hybridized carbons (Fsp3) is 0.381. The van der Waals surface area contributed by atoms with E-state index in [1.54, 1.807) is 24.5 Å². The Morgan fingerprint density at radius 2 is 2.13 bits per heavy atom. The quantitative estimate of drug-likeness (QED) is 0.587. The number of hydrogen-bond acceptors (Lipinski definition) is 8. The van der Waals surface area contributed by atoms with Gasteiger partial charge in [0, 0.05) is 38.0 Å². The molecule has 4 rings (SSSR count). The molecule has 30 heavy (non-hydrogen) atoms. The summed E-state index contributed by atoms with van der Waals surface area (Å²) in [6.45, 7) is 1.38. The van der Waals surface area contributed by atoms with Crippen LogP contribution in [-0.2, 0) is 6.42 Å². The molecule has 0 bridgehead atoms. The van der Waals surface area contributed by atoms with Crippen molar-refractivity contribution in [3.63, 3.8) is 0 Å². The van der Waals surface area contributed by atoms with E-state index in [1.807, 2.05) is 17.0 Å². The smallest absolute Gasteiger partial charge is 0.259 e. The van der Waals surface area contributed by atoms with Gasteiger partial charge >= 0.3 is 0 Å². The van der Waals surface area contributed by atoms with Crippen molar-refractivity contribution in [2.75, 3.05) is 27.3 Å². The third kappa shape index (κ3) is 4.24. The van der Waals surface area contributed by atoms with Gasteiger partial charge in [-0.1, -0.05) is 5.16 Å². The summed E-state index contributed by atoms with van der Waals surface area (Å²) >= 11 is 0. The highest BCUT2D eigenvalue weighted by Gasteiger charge is 2.29. The maximum absolute atomic E-state index is 12.9. The minimum Gasteiger partial charge on any atom is -0.481 e. The molecular formula is C21H23N5O4. The zero-order valence-corrected chi connectivity index (χ0v) is 16.9. The van der Waals surface area contributed by atoms with E-state index in [9.17, 15) is 4.79 Å². The summed E-state index contributed by atoms with van der Waals surface area (Å²) in [5.74, 6) is 2.13. The first kappa shape index (κ1) is 19.8. The van der Waals surface area contributed by atoms with Crippen LogP contribution in [0, 0.1) is 5.92 Å². The van der Waals surface area contributed by atoms with Crippen molar-refractivity contribution in [1.82, 2.24) is 25.0 Å². The van der Waals surface area contributed by atoms with Crippen molar-refractivity contribution >= 4 is 5.91 Å². The van der Waals surface area contributed by atoms with Crippen LogP contribution in [0.2, 0.25) is 0 Å². The van der Waals surface area contributed by atoms with Gasteiger partial charge in [-0.3, -0.25) is 9.78 Å². The number of nitrogens with zero attached hydrogens (tertiary/aromatic N) is 5. The summed E-state index contributed by atoms with van der Waals surface area (Å²) in [5, 5.41) is 4.06. The predicted octanol–water partition coefficient (Wildman–Crippen LogP) is 2.64. The minimum atomic E-state index is -0.0806. The molecule has 156 valence electrons. The van der Waals surface area contributed by atoms with E-state index in [1.165, 1.54) is 14.2 Å². The topological polar surface area (TPSA) is 103 Å². The lowest BCUT2D eigenvalue weighted by Crippen LogP contribution is -2.29. The van der Waals surface area contributed by atoms with Crippen LogP contribution in [0.15, 0.2) is 41.2 Å². The number of amides is 1. The molecule has 1 saturated heterocycles. The van der Waals surface area contributed by atoms with Crippen LogP contribution in [0.3, 0.4) is 0 Å². The molecule has 3 aromatic rings. The first-order valence-corrected chi connectivity index (χ1v) is 9.79. The zero-order chi connectivity index (χ0) is 20.9. The monoisotopic (exact) mass is 409 g/mol. The molecule has 1 fully saturated rings. The van der Waals surface area contributed by atoms with Crippen molar-refractivity contribution in [1.29, 1.82) is 0 Å². The van der Waals surface area contributed by atoms with Crippen LogP contribution >= 0.6 is 0 Å². The Bertz CT molecular complexity index is 1010. The van der Waals surface area contributed by atoms with E-state index >= 15 is 0 Å². The number of carbonyl (C=O) groups excluding carboxylic acids is 1. The van der Waals surface area contributed by atoms with Gasteiger partial charge in [0.1, 0.15) is 5.56 Å². The van der Waals surface area contributed by atoms with E-state index in [-0.39, 0.29) is 11.8 Å². The van der Waals surface area contributed by atoms with E-state index in [0.717, 1.165) is 18.4 Å². The van der Waals surface area contributed by atoms with Crippen LogP contribution in [0.25, 0.3) is 11.5 Å². The van der Waals surface area contributed by atoms with Crippen molar-refractivity contribution < 1.29 is 18.8 Å². The molecule has 0 radical (unpaired) electrons. The summed E-state index contributed by atoms with van der Waals surface area (Å²) in [6, 6.07) is 7.07. The number of carbonyl (C=O) groups is 1. The SMILES string of the molecule is COc1ccc(C(=O)N2CCC(CCc3noc(-c4cccnc4)n3)C2)c(OC)n1. The maximum atomic E-state index is 12.9. The second-order valence-corrected chi connectivity index (χ2v) is 7.11. The molecule has 3 aromatic heterocycles. The lowest BCUT2D eigenvalue weighted by molar-refractivity contribution is 0.0782. The molecule has 1 aliphatic heterocycles. The Balaban J connectivity index is 1.34. The highest BCUT2D eigenvalue weighted by molar-refractivity contribution is 5.96. The van der Waals surface area contributed by atoms with Crippen LogP contribution in [0.4, 0.5) is 0 Å². The molecule has 0 saturated carbocycles. The van der Waals surface area contributed by atoms with E-state index < -0.39 is 0 Å². The summed E-state index contributed by atoms with van der Waals surface area (Å²) in [5.41, 5.74) is 1.24. The molecule has 4 heterocycles. The van der Waals surface area contributed by atoms with Gasteiger partial charge in [0.2, 0.25) is 11.8 Å². The number of rotatable bonds is 7. The molecule has 0 aromatic carbocycles. The van der Waals surface area contributed by atoms with Crippen molar-refractivity contribution in [3.8, 4) is 23.2 Å². The number of aryl methyl sites for hydroxylation is 1. The summed E-state index contributed by atoms with van der Waals surface area (Å²) in [4.78, 5) is 27.5. The van der Waals surface area contributed by atoms with E-state index in [0.29, 0.717) is 48.6 Å². The average Bonchev–Trinajstić information content (AvgIpc) is 3.47. The molecule has 1 aliphatic rings. The number of methoxy groups -OCH3 is 2. The Kier molecular flexibility index (Phi) is 5.87. The standard InChI is InChI=1S/C21H23N5O4/c1-28-18-8-6-16(20(24-18)29-2)21(27)26-11-9-14(13-26)5-7-17-23-19(30-25-17)15-4-3-10-22-12-15/h3-4,6,8,10,12,14H,5,7,9,11,13H2,1-2H3. The molecule has 1 atom stereocenters. The highest BCUT2D eigenvalue weighted by atomic mass is 16.5. The third-order valence-corrected chi connectivity index (χ3v) is 5.19. The molecular weight excluding hydrogens is 386 g/mol. The van der Waals surface area contributed by atoms with Crippen molar-refractivity contribution in [3.05, 3.63) is 48.0 Å². The van der Waals surface area contributed by atoms with Gasteiger partial charge in [0.15, 0.2) is 5.82 Å². The van der Waals surface area contributed by atoms with Crippen LogP contribution < -0.4 is 9.47 Å². The molecule has 9 nitrogen and oxygen atoms in total. The first-order valence-electron chi connectivity index (χ1n) is 9.79. The normalized spacial score (nSPS) is 15.9. The van der Waals surface area contributed by atoms with Gasteiger partial charge in [-0.25, -0.2) is 0 Å². The molecule has 0 N–H and O–H groups in total. The molecule has 9 heteroatoms. The number of aromatic nitrogens is 4. The summed E-state index contributed by atoms with van der Waals surface area (Å²) < 4.78 is 15.7. The third-order valence-electron chi connectivity index (χ3n) is 5.19. The van der Waals surface area contributed by atoms with Crippen molar-refractivity contribution in [2.24, 2.45) is 5.92 Å². The van der Waals surface area contributed by atoms with Crippen molar-refractivity contribution in [2.45, 2.75) is 19.3 Å². The van der Waals surface area contributed by atoms with E-state index in [4.69, 9.17) is 14.0 Å². The maximum Gasteiger partial charge on any atom is 0.259 e. The first-order chi connectivity index (χ1) is 14.7. The average molecular weight is 409 g/mol. The van der Waals surface area contributed by atoms with Gasteiger partial charge in [-0.05, 0) is 37.0 Å². The molecule has 0 spiro atoms. The number of pyridine rings is 2. The zero-order valence-electron chi connectivity index (χ0n) is 16.9. The Morgan fingerprint density at radius 1 is 1.23 bits per heavy atom. The summed E-state index contributed by atoms with van der Waals surface area (Å²) in [7, 11) is 3.02. The van der Waals surface area contributed by atoms with Gasteiger partial charge in [0.05, 0.1) is 19.8 Å². The Hall–Kier alpha value is -3.49. The number of ether oxygens (including phenoxy) is 2. The fourth-order valence-electron chi connectivity index (χ4n) is 3.57. The number of likely N-dealkylation sites (tertiary alicyclic amines) is 1. The Labute approximate surface area is 174 Å². The minimum absolute atomic E-state index is 0.0806. The second kappa shape index (κ2) is 8.89. The predicted molar refractivity (Wildman–Crippen MR) is 107 cm³/mol. The van der Waals surface area contributed by atoms with Crippen LogP contribution in [0.5, 0.6) is 11.8 Å². The fourth-order valence-corrected chi connectivity index (χ4v) is 3.57. The second-order valence-electron chi connectivity index (χ2n) is 7.11. The largest absolute Gasteiger partial charge is 0.481 e. The molecule has 1 amide bonds. The highest BCUT2D eigenvalue weighted by Crippen LogP contribution is 2.27. The van der Waals surface area contributed by atoms with Gasteiger partial charge in [-0.2, -0.15) is 9.97 Å².